The minimum Gasteiger partial charge on any atom is -0.494 e. The summed E-state index contributed by atoms with van der Waals surface area (Å²) < 4.78 is 10.6. The molecule has 0 heterocycles. The van der Waals surface area contributed by atoms with Crippen LogP contribution in [0.15, 0.2) is 30.3 Å². The van der Waals surface area contributed by atoms with E-state index in [1.807, 2.05) is 24.3 Å². The fourth-order valence-corrected chi connectivity index (χ4v) is 2.10. The average molecular weight is 304 g/mol. The summed E-state index contributed by atoms with van der Waals surface area (Å²) in [6.45, 7) is 5.19. The molecule has 0 aliphatic rings. The highest BCUT2D eigenvalue weighted by atomic mass is 16.5. The highest BCUT2D eigenvalue weighted by Gasteiger charge is 1.96. The molecule has 1 rings (SSSR count). The third-order valence-corrected chi connectivity index (χ3v) is 3.35. The maximum Gasteiger partial charge on any atom is 0.330 e. The molecule has 0 unspecified atom stereocenters. The zero-order valence-electron chi connectivity index (χ0n) is 13.8. The Morgan fingerprint density at radius 1 is 1.00 bits per heavy atom. The molecule has 22 heavy (non-hydrogen) atoms. The Hall–Kier alpha value is -1.77. The summed E-state index contributed by atoms with van der Waals surface area (Å²) in [7, 11) is 0. The van der Waals surface area contributed by atoms with Gasteiger partial charge in [0.05, 0.1) is 13.2 Å². The summed E-state index contributed by atoms with van der Waals surface area (Å²) in [5.74, 6) is 0.563. The zero-order valence-corrected chi connectivity index (χ0v) is 13.8. The van der Waals surface area contributed by atoms with Gasteiger partial charge in [-0.15, -0.1) is 0 Å². The maximum atomic E-state index is 11.2. The number of unbranched alkanes of at least 4 members (excludes halogenated alkanes) is 5. The third kappa shape index (κ3) is 8.50. The van der Waals surface area contributed by atoms with E-state index in [9.17, 15) is 4.79 Å². The maximum absolute atomic E-state index is 11.2. The largest absolute Gasteiger partial charge is 0.494 e. The third-order valence-electron chi connectivity index (χ3n) is 3.35. The van der Waals surface area contributed by atoms with Gasteiger partial charge in [0.15, 0.2) is 0 Å². The van der Waals surface area contributed by atoms with E-state index in [1.165, 1.54) is 38.2 Å². The van der Waals surface area contributed by atoms with Gasteiger partial charge < -0.3 is 9.47 Å². The number of hydrogen-bond donors (Lipinski definition) is 0. The first-order valence-corrected chi connectivity index (χ1v) is 8.34. The molecule has 0 aliphatic carbocycles. The normalized spacial score (nSPS) is 10.8. The Balaban J connectivity index is 2.23. The lowest BCUT2D eigenvalue weighted by atomic mass is 10.1. The molecule has 0 bridgehead atoms. The van der Waals surface area contributed by atoms with Crippen molar-refractivity contribution < 1.29 is 14.3 Å². The minimum atomic E-state index is -0.314. The number of carbonyl (C=O) groups excluding carboxylic acids is 1. The molecule has 0 fully saturated rings. The molecule has 0 spiro atoms. The lowest BCUT2D eigenvalue weighted by Crippen LogP contribution is -1.98. The van der Waals surface area contributed by atoms with Crippen molar-refractivity contribution in [2.45, 2.75) is 52.4 Å². The second-order valence-electron chi connectivity index (χ2n) is 5.27. The number of ether oxygens (including phenoxy) is 2. The number of hydrogen-bond acceptors (Lipinski definition) is 3. The summed E-state index contributed by atoms with van der Waals surface area (Å²) in [5.41, 5.74) is 0.958. The summed E-state index contributed by atoms with van der Waals surface area (Å²) in [6, 6.07) is 7.74. The Morgan fingerprint density at radius 3 is 2.36 bits per heavy atom. The molecule has 0 radical (unpaired) electrons. The highest BCUT2D eigenvalue weighted by Crippen LogP contribution is 2.14. The van der Waals surface area contributed by atoms with E-state index in [-0.39, 0.29) is 5.97 Å². The lowest BCUT2D eigenvalue weighted by molar-refractivity contribution is -0.137. The Kier molecular flexibility index (Phi) is 9.84. The van der Waals surface area contributed by atoms with Gasteiger partial charge in [-0.3, -0.25) is 0 Å². The monoisotopic (exact) mass is 304 g/mol. The van der Waals surface area contributed by atoms with E-state index < -0.39 is 0 Å². The Bertz CT molecular complexity index is 434. The van der Waals surface area contributed by atoms with Gasteiger partial charge in [-0.1, -0.05) is 51.2 Å². The second-order valence-corrected chi connectivity index (χ2v) is 5.27. The lowest BCUT2D eigenvalue weighted by Gasteiger charge is -2.06. The molecule has 3 nitrogen and oxygen atoms in total. The van der Waals surface area contributed by atoms with E-state index in [2.05, 4.69) is 6.92 Å². The van der Waals surface area contributed by atoms with Crippen molar-refractivity contribution in [1.82, 2.24) is 0 Å². The van der Waals surface area contributed by atoms with Gasteiger partial charge in [0.1, 0.15) is 5.75 Å². The van der Waals surface area contributed by atoms with E-state index in [1.54, 1.807) is 13.0 Å². The summed E-state index contributed by atoms with van der Waals surface area (Å²) in [5, 5.41) is 0. The molecule has 0 N–H and O–H groups in total. The minimum absolute atomic E-state index is 0.314. The van der Waals surface area contributed by atoms with Gasteiger partial charge in [0.2, 0.25) is 0 Å². The predicted molar refractivity (Wildman–Crippen MR) is 91.0 cm³/mol. The van der Waals surface area contributed by atoms with Crippen LogP contribution in [0.1, 0.15) is 57.9 Å². The predicted octanol–water partition coefficient (Wildman–Crippen LogP) is 5.00. The molecule has 3 heteroatoms. The smallest absolute Gasteiger partial charge is 0.330 e. The summed E-state index contributed by atoms with van der Waals surface area (Å²) >= 11 is 0. The summed E-state index contributed by atoms with van der Waals surface area (Å²) in [6.07, 6.45) is 10.8. The van der Waals surface area contributed by atoms with Crippen LogP contribution in [0.25, 0.3) is 6.08 Å². The first-order chi connectivity index (χ1) is 10.8. The number of benzene rings is 1. The molecule has 0 amide bonds. The van der Waals surface area contributed by atoms with Crippen LogP contribution in [0.3, 0.4) is 0 Å². The van der Waals surface area contributed by atoms with Gasteiger partial charge >= 0.3 is 5.97 Å². The van der Waals surface area contributed by atoms with Crippen LogP contribution in [-0.2, 0) is 9.53 Å². The first-order valence-electron chi connectivity index (χ1n) is 8.34. The molecule has 1 aromatic rings. The van der Waals surface area contributed by atoms with Crippen LogP contribution in [0.2, 0.25) is 0 Å². The van der Waals surface area contributed by atoms with E-state index in [0.29, 0.717) is 6.61 Å². The molecular weight excluding hydrogens is 276 g/mol. The van der Waals surface area contributed by atoms with E-state index >= 15 is 0 Å². The van der Waals surface area contributed by atoms with Crippen molar-refractivity contribution in [2.24, 2.45) is 0 Å². The van der Waals surface area contributed by atoms with E-state index in [0.717, 1.165) is 24.3 Å². The van der Waals surface area contributed by atoms with Crippen LogP contribution in [0.4, 0.5) is 0 Å². The van der Waals surface area contributed by atoms with Crippen molar-refractivity contribution in [2.75, 3.05) is 13.2 Å². The number of rotatable bonds is 11. The number of carbonyl (C=O) groups is 1. The quantitative estimate of drug-likeness (QED) is 0.328. The topological polar surface area (TPSA) is 35.5 Å². The molecule has 0 aromatic heterocycles. The fraction of sp³-hybridized carbons (Fsp3) is 0.526. The van der Waals surface area contributed by atoms with E-state index in [4.69, 9.17) is 9.47 Å². The number of esters is 1. The second kappa shape index (κ2) is 11.8. The van der Waals surface area contributed by atoms with Crippen LogP contribution in [-0.4, -0.2) is 19.2 Å². The summed E-state index contributed by atoms with van der Waals surface area (Å²) in [4.78, 5) is 11.2. The van der Waals surface area contributed by atoms with Gasteiger partial charge in [0, 0.05) is 6.08 Å². The SMILES string of the molecule is CCCCCCCCOc1ccc(/C=C/C(=O)OCC)cc1. The molecule has 1 aromatic carbocycles. The van der Waals surface area contributed by atoms with Crippen LogP contribution in [0, 0.1) is 0 Å². The zero-order chi connectivity index (χ0) is 16.0. The average Bonchev–Trinajstić information content (AvgIpc) is 2.53. The molecular formula is C19H28O3. The molecule has 0 saturated heterocycles. The first kappa shape index (κ1) is 18.3. The van der Waals surface area contributed by atoms with Crippen molar-refractivity contribution >= 4 is 12.0 Å². The Labute approximate surface area is 134 Å². The van der Waals surface area contributed by atoms with Crippen molar-refractivity contribution in [3.63, 3.8) is 0 Å². The molecule has 0 atom stereocenters. The fourth-order valence-electron chi connectivity index (χ4n) is 2.10. The van der Waals surface area contributed by atoms with Gasteiger partial charge in [-0.25, -0.2) is 4.79 Å². The van der Waals surface area contributed by atoms with Gasteiger partial charge in [-0.2, -0.15) is 0 Å². The molecule has 0 aliphatic heterocycles. The van der Waals surface area contributed by atoms with Crippen LogP contribution >= 0.6 is 0 Å². The standard InChI is InChI=1S/C19H28O3/c1-3-5-6-7-8-9-16-22-18-13-10-17(11-14-18)12-15-19(20)21-4-2/h10-15H,3-9,16H2,1-2H3/b15-12+. The van der Waals surface area contributed by atoms with Crippen LogP contribution < -0.4 is 4.74 Å². The van der Waals surface area contributed by atoms with Crippen molar-refractivity contribution in [1.29, 1.82) is 0 Å². The molecule has 122 valence electrons. The van der Waals surface area contributed by atoms with Gasteiger partial charge in [0.25, 0.3) is 0 Å². The van der Waals surface area contributed by atoms with Crippen LogP contribution in [0.5, 0.6) is 5.75 Å². The highest BCUT2D eigenvalue weighted by molar-refractivity contribution is 5.87. The van der Waals surface area contributed by atoms with Crippen molar-refractivity contribution in [3.05, 3.63) is 35.9 Å². The van der Waals surface area contributed by atoms with Crippen molar-refractivity contribution in [3.8, 4) is 5.75 Å². The van der Waals surface area contributed by atoms with Gasteiger partial charge in [-0.05, 0) is 37.1 Å². The molecule has 0 saturated carbocycles. The Morgan fingerprint density at radius 2 is 1.68 bits per heavy atom.